The number of nitrogens with zero attached hydrogens (tertiary/aromatic N) is 1. The number of ether oxygens (including phenoxy) is 2. The Morgan fingerprint density at radius 2 is 1.93 bits per heavy atom. The van der Waals surface area contributed by atoms with E-state index in [1.807, 2.05) is 53.5 Å². The highest BCUT2D eigenvalue weighted by Crippen LogP contribution is 2.32. The molecule has 1 aromatic heterocycles. The van der Waals surface area contributed by atoms with Gasteiger partial charge in [0.1, 0.15) is 0 Å². The summed E-state index contributed by atoms with van der Waals surface area (Å²) in [6, 6.07) is 14.2. The Kier molecular flexibility index (Phi) is 7.48. The van der Waals surface area contributed by atoms with Crippen molar-refractivity contribution < 1.29 is 19.2 Å². The summed E-state index contributed by atoms with van der Waals surface area (Å²) in [5, 5.41) is 2.14. The van der Waals surface area contributed by atoms with Gasteiger partial charge in [0.05, 0.1) is 38.4 Å². The molecule has 1 aliphatic heterocycles. The number of piperidine rings is 1. The summed E-state index contributed by atoms with van der Waals surface area (Å²) in [5.74, 6) is 0. The number of likely N-dealkylation sites (tertiary alicyclic amines) is 1. The first kappa shape index (κ1) is 20.8. The second-order valence-electron chi connectivity index (χ2n) is 7.36. The van der Waals surface area contributed by atoms with E-state index in [0.29, 0.717) is 13.2 Å². The number of carbonyl (C=O) groups excluding carboxylic acids is 1. The lowest BCUT2D eigenvalue weighted by molar-refractivity contribution is -0.906. The van der Waals surface area contributed by atoms with E-state index in [0.717, 1.165) is 44.6 Å². The van der Waals surface area contributed by atoms with Gasteiger partial charge in [0.25, 0.3) is 0 Å². The highest BCUT2D eigenvalue weighted by molar-refractivity contribution is 7.09. The number of carbonyl (C=O) groups is 1. The molecule has 1 aliphatic rings. The number of hydrogen-bond donors (Lipinski definition) is 1. The number of amides is 1. The van der Waals surface area contributed by atoms with Crippen LogP contribution in [0.15, 0.2) is 47.8 Å². The number of anilines is 1. The van der Waals surface area contributed by atoms with Crippen molar-refractivity contribution in [2.24, 2.45) is 0 Å². The molecule has 0 bridgehead atoms. The van der Waals surface area contributed by atoms with E-state index in [4.69, 9.17) is 9.47 Å². The van der Waals surface area contributed by atoms with Crippen molar-refractivity contribution in [2.75, 3.05) is 44.9 Å². The summed E-state index contributed by atoms with van der Waals surface area (Å²) >= 11 is 1.83. The van der Waals surface area contributed by atoms with Gasteiger partial charge >= 0.3 is 6.09 Å². The van der Waals surface area contributed by atoms with Gasteiger partial charge < -0.3 is 14.4 Å². The standard InChI is InChI=1S/C22H30N2O3S/c1-3-27-21(25)24(19-8-5-4-6-9-19)22(18-26-2)12-15-23(16-13-22)14-11-20-10-7-17-28-20/h4-10,17H,3,11-16,18H2,1-2H3/p+1. The molecule has 6 heteroatoms. The smallest absolute Gasteiger partial charge is 0.414 e. The predicted molar refractivity (Wildman–Crippen MR) is 113 cm³/mol. The minimum absolute atomic E-state index is 0.284. The number of thiophene rings is 1. The molecule has 2 aromatic rings. The molecule has 1 aromatic carbocycles. The van der Waals surface area contributed by atoms with Crippen molar-refractivity contribution in [3.05, 3.63) is 52.7 Å². The Labute approximate surface area is 171 Å². The van der Waals surface area contributed by atoms with E-state index < -0.39 is 0 Å². The Morgan fingerprint density at radius 1 is 1.18 bits per heavy atom. The van der Waals surface area contributed by atoms with Gasteiger partial charge in [-0.3, -0.25) is 4.90 Å². The van der Waals surface area contributed by atoms with Gasteiger partial charge in [-0.2, -0.15) is 0 Å². The maximum absolute atomic E-state index is 12.9. The second-order valence-corrected chi connectivity index (χ2v) is 8.39. The molecule has 3 rings (SSSR count). The third-order valence-electron chi connectivity index (χ3n) is 5.55. The number of para-hydroxylation sites is 1. The van der Waals surface area contributed by atoms with E-state index in [1.165, 1.54) is 4.88 Å². The Balaban J connectivity index is 1.75. The fraction of sp³-hybridized carbons (Fsp3) is 0.500. The lowest BCUT2D eigenvalue weighted by Crippen LogP contribution is -3.14. The topological polar surface area (TPSA) is 43.2 Å². The first-order valence-electron chi connectivity index (χ1n) is 10.1. The van der Waals surface area contributed by atoms with Gasteiger partial charge in [-0.15, -0.1) is 11.3 Å². The van der Waals surface area contributed by atoms with Crippen molar-refractivity contribution in [3.63, 3.8) is 0 Å². The maximum atomic E-state index is 12.9. The van der Waals surface area contributed by atoms with Gasteiger partial charge in [0.2, 0.25) is 0 Å². The van der Waals surface area contributed by atoms with Crippen molar-refractivity contribution in [2.45, 2.75) is 31.7 Å². The average molecular weight is 404 g/mol. The number of rotatable bonds is 8. The molecule has 0 spiro atoms. The minimum atomic E-state index is -0.366. The fourth-order valence-corrected chi connectivity index (χ4v) is 4.82. The molecule has 1 N–H and O–H groups in total. The summed E-state index contributed by atoms with van der Waals surface area (Å²) < 4.78 is 11.0. The van der Waals surface area contributed by atoms with Crippen LogP contribution in [0.1, 0.15) is 24.6 Å². The van der Waals surface area contributed by atoms with E-state index in [9.17, 15) is 4.79 Å². The Morgan fingerprint density at radius 3 is 2.54 bits per heavy atom. The van der Waals surface area contributed by atoms with Crippen LogP contribution in [0.5, 0.6) is 0 Å². The average Bonchev–Trinajstić information content (AvgIpc) is 3.23. The number of nitrogens with one attached hydrogen (secondary N) is 1. The molecule has 1 fully saturated rings. The molecule has 0 radical (unpaired) electrons. The van der Waals surface area contributed by atoms with Crippen LogP contribution < -0.4 is 9.80 Å². The van der Waals surface area contributed by atoms with Crippen molar-refractivity contribution in [1.82, 2.24) is 0 Å². The first-order valence-corrected chi connectivity index (χ1v) is 10.9. The van der Waals surface area contributed by atoms with Gasteiger partial charge in [0, 0.05) is 36.9 Å². The molecule has 152 valence electrons. The Hall–Kier alpha value is -1.89. The molecule has 1 saturated heterocycles. The van der Waals surface area contributed by atoms with Crippen LogP contribution in [0.3, 0.4) is 0 Å². The molecule has 2 heterocycles. The minimum Gasteiger partial charge on any atom is -0.449 e. The van der Waals surface area contributed by atoms with Crippen LogP contribution in [-0.4, -0.2) is 51.6 Å². The zero-order valence-corrected chi connectivity index (χ0v) is 17.7. The monoisotopic (exact) mass is 403 g/mol. The number of methoxy groups -OCH3 is 1. The van der Waals surface area contributed by atoms with Crippen molar-refractivity contribution in [3.8, 4) is 0 Å². The highest BCUT2D eigenvalue weighted by Gasteiger charge is 2.45. The van der Waals surface area contributed by atoms with E-state index in [1.54, 1.807) is 12.0 Å². The summed E-state index contributed by atoms with van der Waals surface area (Å²) in [6.45, 7) is 5.91. The first-order chi connectivity index (χ1) is 13.7. The third-order valence-corrected chi connectivity index (χ3v) is 6.48. The van der Waals surface area contributed by atoms with Gasteiger partial charge in [0.15, 0.2) is 0 Å². The summed E-state index contributed by atoms with van der Waals surface area (Å²) in [7, 11) is 1.71. The predicted octanol–water partition coefficient (Wildman–Crippen LogP) is 3.02. The maximum Gasteiger partial charge on any atom is 0.414 e. The molecule has 0 unspecified atom stereocenters. The van der Waals surface area contributed by atoms with Crippen LogP contribution in [0.4, 0.5) is 10.5 Å². The SMILES string of the molecule is CCOC(=O)N(c1ccccc1)C1(COC)CC[NH+](CCc2cccs2)CC1. The fourth-order valence-electron chi connectivity index (χ4n) is 4.11. The summed E-state index contributed by atoms with van der Waals surface area (Å²) in [5.41, 5.74) is 0.509. The molecular weight excluding hydrogens is 372 g/mol. The van der Waals surface area contributed by atoms with E-state index in [-0.39, 0.29) is 11.6 Å². The second kappa shape index (κ2) is 10.0. The summed E-state index contributed by atoms with van der Waals surface area (Å²) in [4.78, 5) is 17.8. The lowest BCUT2D eigenvalue weighted by Gasteiger charge is -2.46. The molecule has 1 amide bonds. The zero-order valence-electron chi connectivity index (χ0n) is 16.9. The van der Waals surface area contributed by atoms with Crippen LogP contribution in [-0.2, 0) is 15.9 Å². The van der Waals surface area contributed by atoms with E-state index in [2.05, 4.69) is 17.5 Å². The lowest BCUT2D eigenvalue weighted by atomic mass is 9.85. The summed E-state index contributed by atoms with van der Waals surface area (Å²) in [6.07, 6.45) is 2.63. The molecule has 28 heavy (non-hydrogen) atoms. The Bertz CT molecular complexity index is 713. The molecular formula is C22H31N2O3S+. The number of quaternary nitrogens is 1. The van der Waals surface area contributed by atoms with Crippen molar-refractivity contribution in [1.29, 1.82) is 0 Å². The van der Waals surface area contributed by atoms with Crippen LogP contribution in [0.2, 0.25) is 0 Å². The van der Waals surface area contributed by atoms with Crippen LogP contribution in [0.25, 0.3) is 0 Å². The number of benzene rings is 1. The number of hydrogen-bond acceptors (Lipinski definition) is 4. The largest absolute Gasteiger partial charge is 0.449 e. The van der Waals surface area contributed by atoms with Gasteiger partial charge in [-0.1, -0.05) is 24.3 Å². The highest BCUT2D eigenvalue weighted by atomic mass is 32.1. The molecule has 5 nitrogen and oxygen atoms in total. The van der Waals surface area contributed by atoms with Gasteiger partial charge in [-0.25, -0.2) is 4.79 Å². The van der Waals surface area contributed by atoms with Crippen LogP contribution >= 0.6 is 11.3 Å². The molecule has 0 aliphatic carbocycles. The van der Waals surface area contributed by atoms with Crippen molar-refractivity contribution >= 4 is 23.1 Å². The molecule has 0 saturated carbocycles. The normalized spacial score (nSPS) is 22.0. The van der Waals surface area contributed by atoms with Crippen LogP contribution in [0, 0.1) is 0 Å². The third kappa shape index (κ3) is 4.93. The van der Waals surface area contributed by atoms with E-state index >= 15 is 0 Å². The molecule has 0 atom stereocenters. The zero-order chi connectivity index (χ0) is 19.8. The quantitative estimate of drug-likeness (QED) is 0.737. The van der Waals surface area contributed by atoms with Gasteiger partial charge in [-0.05, 0) is 30.5 Å².